The molecule has 7 rings (SSSR count). The van der Waals surface area contributed by atoms with Gasteiger partial charge in [-0.05, 0) is 74.6 Å². The van der Waals surface area contributed by atoms with Crippen molar-refractivity contribution in [2.45, 2.75) is 69.4 Å². The minimum Gasteiger partial charge on any atom is -0.497 e. The van der Waals surface area contributed by atoms with Crippen molar-refractivity contribution in [2.75, 3.05) is 24.1 Å². The highest BCUT2D eigenvalue weighted by Crippen LogP contribution is 2.42. The van der Waals surface area contributed by atoms with Gasteiger partial charge in [0.05, 0.1) is 7.11 Å². The molecule has 0 saturated carbocycles. The molecule has 3 heterocycles. The van der Waals surface area contributed by atoms with E-state index in [9.17, 15) is 19.2 Å². The first kappa shape index (κ1) is 45.9. The maximum atomic E-state index is 14.5. The molecule has 13 nitrogen and oxygen atoms in total. The van der Waals surface area contributed by atoms with Crippen LogP contribution in [0.5, 0.6) is 5.75 Å². The molecule has 16 heteroatoms. The summed E-state index contributed by atoms with van der Waals surface area (Å²) in [6, 6.07) is 35.9. The van der Waals surface area contributed by atoms with Gasteiger partial charge in [0.2, 0.25) is 5.60 Å². The molecule has 2 amide bonds. The number of anilines is 1. The number of ether oxygens (including phenoxy) is 3. The van der Waals surface area contributed by atoms with E-state index in [-0.39, 0.29) is 29.6 Å². The lowest BCUT2D eigenvalue weighted by Crippen LogP contribution is -2.71. The summed E-state index contributed by atoms with van der Waals surface area (Å²) in [5.74, 6) is -1.80. The van der Waals surface area contributed by atoms with Gasteiger partial charge in [0.1, 0.15) is 46.3 Å². The van der Waals surface area contributed by atoms with Crippen molar-refractivity contribution in [3.05, 3.63) is 160 Å². The molecule has 2 atom stereocenters. The Morgan fingerprint density at radius 3 is 1.97 bits per heavy atom. The van der Waals surface area contributed by atoms with E-state index in [2.05, 4.69) is 15.8 Å². The Bertz CT molecular complexity index is 2450. The summed E-state index contributed by atoms with van der Waals surface area (Å²) in [6.07, 6.45) is 0. The van der Waals surface area contributed by atoms with Crippen LogP contribution in [0.3, 0.4) is 0 Å². The largest absolute Gasteiger partial charge is 0.497 e. The lowest BCUT2D eigenvalue weighted by Gasteiger charge is -2.49. The first-order valence-electron chi connectivity index (χ1n) is 20.4. The number of hydrogen-bond donors (Lipinski definition) is 2. The molecule has 4 aromatic carbocycles. The van der Waals surface area contributed by atoms with Crippen LogP contribution in [0, 0.1) is 0 Å². The number of carbonyl (C=O) groups excluding carboxylic acids is 4. The summed E-state index contributed by atoms with van der Waals surface area (Å²) < 4.78 is 16.4. The molecule has 1 unspecified atom stereocenters. The van der Waals surface area contributed by atoms with Crippen LogP contribution < -0.4 is 15.4 Å². The number of esters is 2. The average Bonchev–Trinajstić information content (AvgIpc) is 3.76. The number of nitrogens with zero attached hydrogens (tertiary/aromatic N) is 3. The Hall–Kier alpha value is -6.16. The number of fused-ring (bicyclic) bond motifs is 1. The molecule has 0 radical (unpaired) electrons. The molecular weight excluding hydrogens is 874 g/mol. The summed E-state index contributed by atoms with van der Waals surface area (Å²) in [5.41, 5.74) is 0.529. The number of thiazole rings is 1. The first-order chi connectivity index (χ1) is 30.6. The fraction of sp³-hybridized carbons (Fsp3) is 0.292. The highest BCUT2D eigenvalue weighted by atomic mass is 35.5. The molecule has 332 valence electrons. The lowest BCUT2D eigenvalue weighted by molar-refractivity contribution is -0.179. The standard InChI is InChI=1S/C48H48ClN5O8S2/c1-46(2,3)61-44(58)47(4,5)62-53-37(36-29-64-45(50-36)52-48(32-16-10-7-11-17-32,33-18-12-8-13-19-33)34-20-14-9-15-21-34)40(55)51-38-41(56)54-39(31(26-49)28-63-42(38)54)43(57)60-27-30-22-24-35(59-6)25-23-30/h7-25,29,38,42H,26-28H2,1-6H3,(H,50,52)(H,51,55)/b53-37-/t38?,42-/m0/s1. The molecule has 0 aliphatic carbocycles. The number of carbonyl (C=O) groups is 4. The number of benzene rings is 4. The van der Waals surface area contributed by atoms with Crippen LogP contribution in [0.1, 0.15) is 62.6 Å². The number of thioether (sulfide) groups is 1. The monoisotopic (exact) mass is 921 g/mol. The van der Waals surface area contributed by atoms with Gasteiger partial charge in [-0.15, -0.1) is 34.7 Å². The van der Waals surface area contributed by atoms with Crippen LogP contribution in [0.25, 0.3) is 0 Å². The topological polar surface area (TPSA) is 158 Å². The second-order valence-corrected chi connectivity index (χ2v) is 18.7. The zero-order valence-corrected chi connectivity index (χ0v) is 38.5. The highest BCUT2D eigenvalue weighted by molar-refractivity contribution is 8.00. The van der Waals surface area contributed by atoms with Gasteiger partial charge in [0.25, 0.3) is 11.8 Å². The molecule has 64 heavy (non-hydrogen) atoms. The van der Waals surface area contributed by atoms with Crippen LogP contribution in [-0.4, -0.2) is 80.7 Å². The number of aromatic nitrogens is 1. The average molecular weight is 923 g/mol. The normalized spacial score (nSPS) is 16.6. The molecule has 2 aliphatic heterocycles. The number of methoxy groups -OCH3 is 1. The maximum Gasteiger partial charge on any atom is 0.355 e. The van der Waals surface area contributed by atoms with E-state index in [1.165, 1.54) is 41.8 Å². The highest BCUT2D eigenvalue weighted by Gasteiger charge is 2.55. The summed E-state index contributed by atoms with van der Waals surface area (Å²) >= 11 is 8.87. The van der Waals surface area contributed by atoms with Crippen LogP contribution in [0.4, 0.5) is 5.13 Å². The van der Waals surface area contributed by atoms with Gasteiger partial charge in [0.15, 0.2) is 10.8 Å². The SMILES string of the molecule is COc1ccc(COC(=O)C2=C(CCl)CS[C@H]3C(NC(=O)/C(=N\OC(C)(C)C(=O)OC(C)(C)C)c4csc(NC(c5ccccc5)(c5ccccc5)c5ccccc5)n4)C(=O)N23)cc1. The van der Waals surface area contributed by atoms with Crippen LogP contribution in [0.2, 0.25) is 0 Å². The summed E-state index contributed by atoms with van der Waals surface area (Å²) in [5, 5.41) is 12.2. The van der Waals surface area contributed by atoms with Crippen molar-refractivity contribution in [1.82, 2.24) is 15.2 Å². The quantitative estimate of drug-likeness (QED) is 0.0247. The number of alkyl halides is 1. The third-order valence-corrected chi connectivity index (χ3v) is 12.8. The molecule has 0 spiro atoms. The second kappa shape index (κ2) is 19.3. The maximum absolute atomic E-state index is 14.5. The van der Waals surface area contributed by atoms with E-state index in [0.717, 1.165) is 22.3 Å². The van der Waals surface area contributed by atoms with Crippen molar-refractivity contribution in [3.63, 3.8) is 0 Å². The zero-order valence-electron chi connectivity index (χ0n) is 36.1. The Morgan fingerprint density at radius 2 is 1.44 bits per heavy atom. The van der Waals surface area contributed by atoms with E-state index in [4.69, 9.17) is 35.6 Å². The molecule has 2 aliphatic rings. The lowest BCUT2D eigenvalue weighted by atomic mass is 9.77. The molecule has 1 fully saturated rings. The third kappa shape index (κ3) is 9.81. The van der Waals surface area contributed by atoms with Gasteiger partial charge < -0.3 is 29.7 Å². The predicted octanol–water partition coefficient (Wildman–Crippen LogP) is 8.03. The van der Waals surface area contributed by atoms with Gasteiger partial charge in [0, 0.05) is 17.0 Å². The molecule has 2 N–H and O–H groups in total. The molecule has 1 saturated heterocycles. The second-order valence-electron chi connectivity index (χ2n) is 16.4. The van der Waals surface area contributed by atoms with Crippen LogP contribution in [-0.2, 0) is 45.6 Å². The summed E-state index contributed by atoms with van der Waals surface area (Å²) in [4.78, 5) is 67.3. The fourth-order valence-corrected chi connectivity index (χ4v) is 9.54. The minimum atomic E-state index is -1.63. The Morgan fingerprint density at radius 1 is 0.859 bits per heavy atom. The number of oxime groups is 1. The van der Waals surface area contributed by atoms with Gasteiger partial charge in [-0.2, -0.15) is 0 Å². The van der Waals surface area contributed by atoms with E-state index >= 15 is 0 Å². The number of hydrogen-bond acceptors (Lipinski definition) is 13. The van der Waals surface area contributed by atoms with Crippen molar-refractivity contribution in [3.8, 4) is 5.75 Å². The van der Waals surface area contributed by atoms with Crippen molar-refractivity contribution < 1.29 is 38.2 Å². The van der Waals surface area contributed by atoms with Gasteiger partial charge in [-0.25, -0.2) is 14.6 Å². The fourth-order valence-electron chi connectivity index (χ4n) is 7.11. The van der Waals surface area contributed by atoms with Gasteiger partial charge in [-0.3, -0.25) is 14.5 Å². The molecular formula is C48H48ClN5O8S2. The number of rotatable bonds is 16. The van der Waals surface area contributed by atoms with E-state index < -0.39 is 51.9 Å². The minimum absolute atomic E-state index is 0.00459. The molecule has 5 aromatic rings. The van der Waals surface area contributed by atoms with Crippen molar-refractivity contribution in [2.24, 2.45) is 5.16 Å². The predicted molar refractivity (Wildman–Crippen MR) is 248 cm³/mol. The number of β-lactam (4-membered cyclic amide) rings is 1. The third-order valence-electron chi connectivity index (χ3n) is 10.3. The molecule has 1 aromatic heterocycles. The van der Waals surface area contributed by atoms with Gasteiger partial charge >= 0.3 is 11.9 Å². The number of nitrogens with one attached hydrogen (secondary N) is 2. The van der Waals surface area contributed by atoms with Crippen LogP contribution in [0.15, 0.2) is 137 Å². The van der Waals surface area contributed by atoms with Gasteiger partial charge in [-0.1, -0.05) is 108 Å². The summed E-state index contributed by atoms with van der Waals surface area (Å²) in [6.45, 7) is 8.09. The Labute approximate surface area is 385 Å². The van der Waals surface area contributed by atoms with E-state index in [0.29, 0.717) is 22.2 Å². The van der Waals surface area contributed by atoms with Crippen LogP contribution >= 0.6 is 34.7 Å². The summed E-state index contributed by atoms with van der Waals surface area (Å²) in [7, 11) is 1.56. The first-order valence-corrected chi connectivity index (χ1v) is 22.9. The number of halogens is 1. The van der Waals surface area contributed by atoms with Crippen molar-refractivity contribution in [1.29, 1.82) is 0 Å². The van der Waals surface area contributed by atoms with E-state index in [1.54, 1.807) is 57.5 Å². The number of amides is 2. The Balaban J connectivity index is 1.19. The molecule has 0 bridgehead atoms. The van der Waals surface area contributed by atoms with E-state index in [1.807, 2.05) is 91.0 Å². The smallest absolute Gasteiger partial charge is 0.355 e. The zero-order chi connectivity index (χ0) is 45.6. The van der Waals surface area contributed by atoms with Crippen molar-refractivity contribution >= 4 is 69.3 Å². The Kier molecular flexibility index (Phi) is 13.8.